The molecule has 0 aliphatic carbocycles. The summed E-state index contributed by atoms with van der Waals surface area (Å²) in [5.41, 5.74) is 0.844. The highest BCUT2D eigenvalue weighted by atomic mass is 79.9. The lowest BCUT2D eigenvalue weighted by atomic mass is 10.2. The second-order valence-corrected chi connectivity index (χ2v) is 6.95. The quantitative estimate of drug-likeness (QED) is 0.606. The Morgan fingerprint density at radius 1 is 1.14 bits per heavy atom. The largest absolute Gasteiger partial charge is 0.480 e. The van der Waals surface area contributed by atoms with Gasteiger partial charge >= 0.3 is 5.97 Å². The maximum atomic E-state index is 12.3. The number of methoxy groups -OCH3 is 1. The molecule has 0 radical (unpaired) electrons. The van der Waals surface area contributed by atoms with Gasteiger partial charge in [0, 0.05) is 16.3 Å². The number of anilines is 1. The van der Waals surface area contributed by atoms with Crippen LogP contribution in [0.4, 0.5) is 5.69 Å². The molecule has 0 heterocycles. The number of esters is 1. The number of hydrogen-bond donors (Lipinski definition) is 2. The molecule has 2 aromatic carbocycles. The monoisotopic (exact) mass is 468 g/mol. The van der Waals surface area contributed by atoms with E-state index in [0.717, 1.165) is 0 Å². The Morgan fingerprint density at radius 3 is 2.43 bits per heavy atom. The van der Waals surface area contributed by atoms with E-state index in [1.165, 1.54) is 19.2 Å². The van der Waals surface area contributed by atoms with Gasteiger partial charge in [0.05, 0.1) is 11.6 Å². The van der Waals surface area contributed by atoms with Crippen LogP contribution in [-0.2, 0) is 14.3 Å². The van der Waals surface area contributed by atoms with Crippen LogP contribution in [0.25, 0.3) is 0 Å². The van der Waals surface area contributed by atoms with Crippen molar-refractivity contribution in [3.05, 3.63) is 57.5 Å². The third-order valence-corrected chi connectivity index (χ3v) is 4.46. The molecule has 0 saturated carbocycles. The van der Waals surface area contributed by atoms with Gasteiger partial charge in [0.2, 0.25) is 0 Å². The minimum atomic E-state index is -0.763. The lowest BCUT2D eigenvalue weighted by Crippen LogP contribution is -2.31. The maximum absolute atomic E-state index is 12.3. The van der Waals surface area contributed by atoms with Crippen LogP contribution in [0.3, 0.4) is 0 Å². The number of carbonyl (C=O) groups is 3. The summed E-state index contributed by atoms with van der Waals surface area (Å²) in [6.07, 6.45) is -0.763. The molecule has 0 aromatic heterocycles. The van der Waals surface area contributed by atoms with Crippen LogP contribution in [0.15, 0.2) is 46.9 Å². The second-order valence-electron chi connectivity index (χ2n) is 5.66. The Morgan fingerprint density at radius 2 is 1.82 bits per heavy atom. The zero-order chi connectivity index (χ0) is 20.7. The third-order valence-electron chi connectivity index (χ3n) is 3.60. The molecule has 1 atom stereocenters. The fraction of sp³-hybridized carbons (Fsp3) is 0.211. The molecule has 0 aliphatic heterocycles. The zero-order valence-electron chi connectivity index (χ0n) is 15.1. The number of benzene rings is 2. The minimum absolute atomic E-state index is 0.219. The van der Waals surface area contributed by atoms with Gasteiger partial charge in [-0.1, -0.05) is 11.6 Å². The van der Waals surface area contributed by atoms with Gasteiger partial charge in [0.1, 0.15) is 12.3 Å². The van der Waals surface area contributed by atoms with Crippen LogP contribution in [0.5, 0.6) is 5.75 Å². The van der Waals surface area contributed by atoms with E-state index in [0.29, 0.717) is 26.5 Å². The summed E-state index contributed by atoms with van der Waals surface area (Å²) in [6.45, 7) is 1.40. The number of hydrogen-bond acceptors (Lipinski definition) is 5. The van der Waals surface area contributed by atoms with Gasteiger partial charge in [0.15, 0.2) is 6.10 Å². The minimum Gasteiger partial charge on any atom is -0.480 e. The van der Waals surface area contributed by atoms with Gasteiger partial charge in [-0.2, -0.15) is 0 Å². The van der Waals surface area contributed by atoms with Crippen molar-refractivity contribution >= 4 is 51.0 Å². The summed E-state index contributed by atoms with van der Waals surface area (Å²) in [5, 5.41) is 5.69. The maximum Gasteiger partial charge on any atom is 0.325 e. The number of amides is 2. The standard InChI is InChI=1S/C19H18BrClN2O5/c1-11(28-16-8-5-13(21)9-15(16)20)18(25)23-14-6-3-12(4-7-14)19(26)22-10-17(24)27-2/h3-9,11H,10H2,1-2H3,(H,22,26)(H,23,25). The number of ether oxygens (including phenoxy) is 2. The number of nitrogens with one attached hydrogen (secondary N) is 2. The molecule has 0 saturated heterocycles. The molecule has 0 bridgehead atoms. The van der Waals surface area contributed by atoms with Gasteiger partial charge in [-0.25, -0.2) is 0 Å². The molecule has 148 valence electrons. The van der Waals surface area contributed by atoms with Crippen molar-refractivity contribution in [3.8, 4) is 5.75 Å². The topological polar surface area (TPSA) is 93.7 Å². The van der Waals surface area contributed by atoms with E-state index in [4.69, 9.17) is 16.3 Å². The van der Waals surface area contributed by atoms with E-state index in [1.54, 1.807) is 37.3 Å². The van der Waals surface area contributed by atoms with Gasteiger partial charge in [0.25, 0.3) is 11.8 Å². The molecule has 2 amide bonds. The lowest BCUT2D eigenvalue weighted by Gasteiger charge is -2.16. The Kier molecular flexibility index (Phi) is 7.83. The normalized spacial score (nSPS) is 11.3. The van der Waals surface area contributed by atoms with Crippen molar-refractivity contribution in [3.63, 3.8) is 0 Å². The highest BCUT2D eigenvalue weighted by Gasteiger charge is 2.17. The molecule has 0 spiro atoms. The van der Waals surface area contributed by atoms with Crippen molar-refractivity contribution in [2.45, 2.75) is 13.0 Å². The first-order chi connectivity index (χ1) is 13.3. The number of rotatable bonds is 7. The van der Waals surface area contributed by atoms with Crippen molar-refractivity contribution in [1.29, 1.82) is 0 Å². The highest BCUT2D eigenvalue weighted by Crippen LogP contribution is 2.28. The Labute approximate surface area is 175 Å². The van der Waals surface area contributed by atoms with Gasteiger partial charge in [-0.05, 0) is 65.3 Å². The van der Waals surface area contributed by atoms with Gasteiger partial charge in [-0.3, -0.25) is 14.4 Å². The molecular weight excluding hydrogens is 452 g/mol. The molecule has 28 heavy (non-hydrogen) atoms. The average Bonchev–Trinajstić information content (AvgIpc) is 2.68. The lowest BCUT2D eigenvalue weighted by molar-refractivity contribution is -0.139. The first kappa shape index (κ1) is 21.7. The molecule has 2 N–H and O–H groups in total. The van der Waals surface area contributed by atoms with Crippen molar-refractivity contribution in [2.24, 2.45) is 0 Å². The van der Waals surface area contributed by atoms with Gasteiger partial charge in [-0.15, -0.1) is 0 Å². The summed E-state index contributed by atoms with van der Waals surface area (Å²) >= 11 is 9.22. The van der Waals surface area contributed by atoms with Crippen LogP contribution in [-0.4, -0.2) is 37.5 Å². The van der Waals surface area contributed by atoms with E-state index in [2.05, 4.69) is 31.3 Å². The van der Waals surface area contributed by atoms with Crippen molar-refractivity contribution in [2.75, 3.05) is 19.0 Å². The van der Waals surface area contributed by atoms with Crippen LogP contribution >= 0.6 is 27.5 Å². The van der Waals surface area contributed by atoms with Crippen LogP contribution in [0, 0.1) is 0 Å². The fourth-order valence-corrected chi connectivity index (χ4v) is 2.87. The smallest absolute Gasteiger partial charge is 0.325 e. The molecule has 7 nitrogen and oxygen atoms in total. The number of carbonyl (C=O) groups excluding carboxylic acids is 3. The second kappa shape index (κ2) is 10.1. The molecule has 0 aliphatic rings. The first-order valence-corrected chi connectivity index (χ1v) is 9.35. The summed E-state index contributed by atoms with van der Waals surface area (Å²) in [5.74, 6) is -0.833. The molecular formula is C19H18BrClN2O5. The Balaban J connectivity index is 1.92. The molecule has 2 rings (SSSR count). The van der Waals surface area contributed by atoms with E-state index in [9.17, 15) is 14.4 Å². The van der Waals surface area contributed by atoms with Crippen LogP contribution in [0.1, 0.15) is 17.3 Å². The fourth-order valence-electron chi connectivity index (χ4n) is 2.09. The highest BCUT2D eigenvalue weighted by molar-refractivity contribution is 9.10. The molecule has 0 fully saturated rings. The predicted molar refractivity (Wildman–Crippen MR) is 109 cm³/mol. The van der Waals surface area contributed by atoms with E-state index < -0.39 is 18.0 Å². The first-order valence-electron chi connectivity index (χ1n) is 8.18. The van der Waals surface area contributed by atoms with Crippen molar-refractivity contribution in [1.82, 2.24) is 5.32 Å². The van der Waals surface area contributed by atoms with E-state index >= 15 is 0 Å². The SMILES string of the molecule is COC(=O)CNC(=O)c1ccc(NC(=O)C(C)Oc2ccc(Cl)cc2Br)cc1. The number of halogens is 2. The summed E-state index contributed by atoms with van der Waals surface area (Å²) in [6, 6.07) is 11.2. The van der Waals surface area contributed by atoms with Crippen molar-refractivity contribution < 1.29 is 23.9 Å². The van der Waals surface area contributed by atoms with E-state index in [1.807, 2.05) is 0 Å². The van der Waals surface area contributed by atoms with Crippen LogP contribution in [0.2, 0.25) is 5.02 Å². The Bertz CT molecular complexity index is 873. The summed E-state index contributed by atoms with van der Waals surface area (Å²) < 4.78 is 10.7. The third kappa shape index (κ3) is 6.24. The molecule has 9 heteroatoms. The summed E-state index contributed by atoms with van der Waals surface area (Å²) in [7, 11) is 1.24. The molecule has 2 aromatic rings. The zero-order valence-corrected chi connectivity index (χ0v) is 17.5. The van der Waals surface area contributed by atoms with Crippen LogP contribution < -0.4 is 15.4 Å². The summed E-state index contributed by atoms with van der Waals surface area (Å²) in [4.78, 5) is 35.3. The van der Waals surface area contributed by atoms with E-state index in [-0.39, 0.29) is 12.5 Å². The Hall–Kier alpha value is -2.58. The predicted octanol–water partition coefficient (Wildman–Crippen LogP) is 3.41. The van der Waals surface area contributed by atoms with Gasteiger partial charge < -0.3 is 20.1 Å². The molecule has 1 unspecified atom stereocenters. The average molecular weight is 470 g/mol.